The van der Waals surface area contributed by atoms with Crippen LogP contribution in [0.4, 0.5) is 0 Å². The number of carbonyl (C=O) groups is 1. The van der Waals surface area contributed by atoms with Crippen molar-refractivity contribution in [3.8, 4) is 0 Å². The number of carbonyl (C=O) groups excluding carboxylic acids is 1. The largest absolute Gasteiger partial charge is 0.397 e. The van der Waals surface area contributed by atoms with E-state index in [1.165, 1.54) is 13.8 Å². The smallest absolute Gasteiger partial charge is 0.126 e. The average Bonchev–Trinajstić information content (AvgIpc) is 1.65. The minimum Gasteiger partial charge on any atom is -0.397 e. The molecule has 0 spiro atoms. The maximum atomic E-state index is 9.44. The molecule has 0 saturated carbocycles. The van der Waals surface area contributed by atoms with E-state index in [1.54, 1.807) is 13.8 Å². The number of hydrogen-bond donors (Lipinski definition) is 2. The van der Waals surface area contributed by atoms with Gasteiger partial charge >= 0.3 is 0 Å². The Kier molecular flexibility index (Phi) is 38.3. The van der Waals surface area contributed by atoms with Gasteiger partial charge in [0.05, 0.1) is 0 Å². The third-order valence-corrected chi connectivity index (χ3v) is 0. The van der Waals surface area contributed by atoms with E-state index in [4.69, 9.17) is 10.2 Å². The van der Waals surface area contributed by atoms with Crippen molar-refractivity contribution < 1.29 is 15.0 Å². The second-order valence-corrected chi connectivity index (χ2v) is 1.54. The van der Waals surface area contributed by atoms with E-state index in [2.05, 4.69) is 0 Å². The molecule has 2 N–H and O–H groups in total. The highest BCUT2D eigenvalue weighted by Gasteiger charge is 1.62. The first-order chi connectivity index (χ1) is 4.56. The molecule has 0 aliphatic heterocycles. The van der Waals surface area contributed by atoms with Crippen molar-refractivity contribution in [2.24, 2.45) is 0 Å². The second kappa shape index (κ2) is 23.5. The van der Waals surface area contributed by atoms with Gasteiger partial charge in [-0.3, -0.25) is 0 Å². The van der Waals surface area contributed by atoms with Gasteiger partial charge in [-0.2, -0.15) is 0 Å². The zero-order chi connectivity index (χ0) is 8.99. The van der Waals surface area contributed by atoms with Crippen LogP contribution < -0.4 is 0 Å². The molecule has 64 valence electrons. The van der Waals surface area contributed by atoms with Crippen molar-refractivity contribution in [1.29, 1.82) is 0 Å². The number of Topliss-reactive ketones (excluding diaryl/α,β-unsaturated/α-hetero) is 1. The quantitative estimate of drug-likeness (QED) is 0.531. The first-order valence-electron chi connectivity index (χ1n) is 3.25. The molecule has 0 aliphatic carbocycles. The van der Waals surface area contributed by atoms with Gasteiger partial charge in [0.15, 0.2) is 0 Å². The van der Waals surface area contributed by atoms with Crippen molar-refractivity contribution in [2.75, 3.05) is 13.2 Å². The van der Waals surface area contributed by atoms with Gasteiger partial charge in [-0.05, 0) is 27.7 Å². The van der Waals surface area contributed by atoms with Crippen LogP contribution in [0.3, 0.4) is 0 Å². The standard InChI is InChI=1S/C3H6O.2C2H6O/c1-3(2)4;2*1-2-3/h1-2H3;2*3H,2H2,1H3. The first kappa shape index (κ1) is 16.3. The third-order valence-electron chi connectivity index (χ3n) is 0. The van der Waals surface area contributed by atoms with Gasteiger partial charge in [0, 0.05) is 13.2 Å². The highest BCUT2D eigenvalue weighted by Crippen LogP contribution is 1.50. The van der Waals surface area contributed by atoms with Crippen LogP contribution in [0.15, 0.2) is 0 Å². The molecular weight excluding hydrogens is 132 g/mol. The minimum absolute atomic E-state index is 0.167. The summed E-state index contributed by atoms with van der Waals surface area (Å²) in [6.45, 7) is 6.92. The molecule has 0 unspecified atom stereocenters. The fourth-order valence-electron chi connectivity index (χ4n) is 0. The van der Waals surface area contributed by atoms with E-state index >= 15 is 0 Å². The average molecular weight is 150 g/mol. The monoisotopic (exact) mass is 150 g/mol. The van der Waals surface area contributed by atoms with Crippen molar-refractivity contribution in [1.82, 2.24) is 0 Å². The number of rotatable bonds is 0. The number of ketones is 1. The van der Waals surface area contributed by atoms with E-state index in [-0.39, 0.29) is 19.0 Å². The fraction of sp³-hybridized carbons (Fsp3) is 0.857. The zero-order valence-corrected chi connectivity index (χ0v) is 7.22. The van der Waals surface area contributed by atoms with Crippen molar-refractivity contribution in [3.05, 3.63) is 0 Å². The van der Waals surface area contributed by atoms with E-state index in [0.717, 1.165) is 0 Å². The van der Waals surface area contributed by atoms with Crippen molar-refractivity contribution >= 4 is 5.78 Å². The van der Waals surface area contributed by atoms with Crippen molar-refractivity contribution in [3.63, 3.8) is 0 Å². The highest BCUT2D eigenvalue weighted by atomic mass is 16.3. The van der Waals surface area contributed by atoms with Crippen LogP contribution in [0.5, 0.6) is 0 Å². The lowest BCUT2D eigenvalue weighted by Crippen LogP contribution is -1.69. The molecule has 3 heteroatoms. The van der Waals surface area contributed by atoms with Gasteiger partial charge in [0.25, 0.3) is 0 Å². The maximum absolute atomic E-state index is 9.44. The summed E-state index contributed by atoms with van der Waals surface area (Å²) < 4.78 is 0. The molecule has 0 saturated heterocycles. The Hall–Kier alpha value is -0.410. The van der Waals surface area contributed by atoms with Gasteiger partial charge in [0.1, 0.15) is 5.78 Å². The fourth-order valence-corrected chi connectivity index (χ4v) is 0. The summed E-state index contributed by atoms with van der Waals surface area (Å²) in [5.74, 6) is 0.167. The van der Waals surface area contributed by atoms with Gasteiger partial charge in [-0.15, -0.1) is 0 Å². The van der Waals surface area contributed by atoms with Crippen LogP contribution >= 0.6 is 0 Å². The Morgan fingerprint density at radius 2 is 1.10 bits per heavy atom. The summed E-state index contributed by atoms with van der Waals surface area (Å²) in [7, 11) is 0. The summed E-state index contributed by atoms with van der Waals surface area (Å²) in [5, 5.41) is 15.1. The molecule has 0 heterocycles. The molecule has 0 atom stereocenters. The molecule has 0 amide bonds. The van der Waals surface area contributed by atoms with Crippen LogP contribution in [-0.4, -0.2) is 29.2 Å². The summed E-state index contributed by atoms with van der Waals surface area (Å²) in [4.78, 5) is 9.44. The van der Waals surface area contributed by atoms with Crippen LogP contribution in [0.1, 0.15) is 27.7 Å². The molecule has 0 radical (unpaired) electrons. The summed E-state index contributed by atoms with van der Waals surface area (Å²) in [6.07, 6.45) is 0. The topological polar surface area (TPSA) is 57.5 Å². The van der Waals surface area contributed by atoms with Gasteiger partial charge < -0.3 is 15.0 Å². The molecule has 0 aliphatic rings. The third kappa shape index (κ3) is 1960. The molecule has 0 aromatic rings. The first-order valence-corrected chi connectivity index (χ1v) is 3.25. The van der Waals surface area contributed by atoms with Gasteiger partial charge in [0.2, 0.25) is 0 Å². The van der Waals surface area contributed by atoms with Crippen LogP contribution in [0.2, 0.25) is 0 Å². The van der Waals surface area contributed by atoms with Crippen molar-refractivity contribution in [2.45, 2.75) is 27.7 Å². The van der Waals surface area contributed by atoms with E-state index in [9.17, 15) is 4.79 Å². The lowest BCUT2D eigenvalue weighted by molar-refractivity contribution is -0.114. The lowest BCUT2D eigenvalue weighted by atomic mass is 10.6. The summed E-state index contributed by atoms with van der Waals surface area (Å²) >= 11 is 0. The zero-order valence-electron chi connectivity index (χ0n) is 7.22. The Labute approximate surface area is 62.7 Å². The lowest BCUT2D eigenvalue weighted by Gasteiger charge is -1.56. The van der Waals surface area contributed by atoms with Gasteiger partial charge in [-0.1, -0.05) is 0 Å². The van der Waals surface area contributed by atoms with Gasteiger partial charge in [-0.25, -0.2) is 0 Å². The Bertz CT molecular complexity index is 46.8. The minimum atomic E-state index is 0.167. The second-order valence-electron chi connectivity index (χ2n) is 1.54. The van der Waals surface area contributed by atoms with Crippen LogP contribution in [0.25, 0.3) is 0 Å². The molecule has 0 bridgehead atoms. The number of aliphatic hydroxyl groups is 2. The molecule has 10 heavy (non-hydrogen) atoms. The van der Waals surface area contributed by atoms with E-state index in [0.29, 0.717) is 0 Å². The Balaban J connectivity index is -0.0000000750. The van der Waals surface area contributed by atoms with E-state index in [1.807, 2.05) is 0 Å². The summed E-state index contributed by atoms with van der Waals surface area (Å²) in [6, 6.07) is 0. The SMILES string of the molecule is CC(C)=O.CCO.CCO. The Morgan fingerprint density at radius 3 is 1.10 bits per heavy atom. The van der Waals surface area contributed by atoms with E-state index < -0.39 is 0 Å². The van der Waals surface area contributed by atoms with Crippen LogP contribution in [0, 0.1) is 0 Å². The summed E-state index contributed by atoms with van der Waals surface area (Å²) in [5.41, 5.74) is 0. The molecule has 3 nitrogen and oxygen atoms in total. The molecule has 0 rings (SSSR count). The number of hydrogen-bond acceptors (Lipinski definition) is 3. The van der Waals surface area contributed by atoms with Crippen LogP contribution in [-0.2, 0) is 4.79 Å². The highest BCUT2D eigenvalue weighted by molar-refractivity contribution is 5.72. The molecule has 0 aromatic carbocycles. The number of aliphatic hydroxyl groups excluding tert-OH is 2. The molecular formula is C7H18O3. The Morgan fingerprint density at radius 1 is 1.10 bits per heavy atom. The molecule has 0 fully saturated rings. The normalized spacial score (nSPS) is 6.20. The molecule has 0 aromatic heterocycles. The predicted octanol–water partition coefficient (Wildman–Crippen LogP) is 0.593. The predicted molar refractivity (Wildman–Crippen MR) is 41.9 cm³/mol. The maximum Gasteiger partial charge on any atom is 0.126 e.